The van der Waals surface area contributed by atoms with E-state index in [0.29, 0.717) is 18.1 Å². The fourth-order valence-corrected chi connectivity index (χ4v) is 1.26. The lowest BCUT2D eigenvalue weighted by molar-refractivity contribution is -0.387. The Hall–Kier alpha value is -1.82. The highest BCUT2D eigenvalue weighted by atomic mass is 19.1. The van der Waals surface area contributed by atoms with Gasteiger partial charge in [0.05, 0.1) is 11.0 Å². The van der Waals surface area contributed by atoms with Gasteiger partial charge >= 0.3 is 5.69 Å². The van der Waals surface area contributed by atoms with Crippen LogP contribution in [0.4, 0.5) is 14.5 Å². The van der Waals surface area contributed by atoms with Crippen LogP contribution in [0.25, 0.3) is 5.57 Å². The summed E-state index contributed by atoms with van der Waals surface area (Å²) in [4.78, 5) is 9.36. The topological polar surface area (TPSA) is 69.2 Å². The molecule has 1 rings (SSSR count). The third kappa shape index (κ3) is 2.40. The van der Waals surface area contributed by atoms with Crippen molar-refractivity contribution in [3.8, 4) is 0 Å². The first-order chi connectivity index (χ1) is 7.47. The van der Waals surface area contributed by atoms with Crippen LogP contribution in [-0.4, -0.2) is 11.5 Å². The Kier molecular flexibility index (Phi) is 3.68. The van der Waals surface area contributed by atoms with Crippen molar-refractivity contribution < 1.29 is 13.7 Å². The smallest absolute Gasteiger partial charge is 0.307 e. The SMILES string of the molecule is C=C(CCN)c1cc(F)c([N+](=O)[O-])cc1F. The van der Waals surface area contributed by atoms with Crippen molar-refractivity contribution in [1.82, 2.24) is 0 Å². The molecule has 0 spiro atoms. The van der Waals surface area contributed by atoms with Crippen LogP contribution in [-0.2, 0) is 0 Å². The van der Waals surface area contributed by atoms with Crippen LogP contribution >= 0.6 is 0 Å². The van der Waals surface area contributed by atoms with E-state index < -0.39 is 22.2 Å². The zero-order valence-electron chi connectivity index (χ0n) is 8.37. The molecule has 0 atom stereocenters. The quantitative estimate of drug-likeness (QED) is 0.634. The number of nitro benzene ring substituents is 1. The third-order valence-corrected chi connectivity index (χ3v) is 2.06. The highest BCUT2D eigenvalue weighted by Crippen LogP contribution is 2.26. The Labute approximate surface area is 90.5 Å². The number of hydrogen-bond acceptors (Lipinski definition) is 3. The first-order valence-electron chi connectivity index (χ1n) is 4.49. The summed E-state index contributed by atoms with van der Waals surface area (Å²) in [5.41, 5.74) is 4.60. The Bertz CT molecular complexity index is 447. The lowest BCUT2D eigenvalue weighted by Crippen LogP contribution is -2.02. The lowest BCUT2D eigenvalue weighted by atomic mass is 10.0. The molecule has 2 N–H and O–H groups in total. The maximum atomic E-state index is 13.4. The summed E-state index contributed by atoms with van der Waals surface area (Å²) >= 11 is 0. The molecule has 0 saturated carbocycles. The molecule has 6 heteroatoms. The molecule has 0 radical (unpaired) electrons. The third-order valence-electron chi connectivity index (χ3n) is 2.06. The molecule has 0 heterocycles. The summed E-state index contributed by atoms with van der Waals surface area (Å²) < 4.78 is 26.6. The van der Waals surface area contributed by atoms with E-state index in [-0.39, 0.29) is 12.1 Å². The number of halogens is 2. The second-order valence-electron chi connectivity index (χ2n) is 3.18. The van der Waals surface area contributed by atoms with Gasteiger partial charge in [-0.1, -0.05) is 6.58 Å². The summed E-state index contributed by atoms with van der Waals surface area (Å²) in [6.07, 6.45) is 0.300. The predicted molar refractivity (Wildman–Crippen MR) is 55.7 cm³/mol. The number of nitrogens with zero attached hydrogens (tertiary/aromatic N) is 1. The van der Waals surface area contributed by atoms with E-state index in [1.807, 2.05) is 0 Å². The van der Waals surface area contributed by atoms with Crippen molar-refractivity contribution in [2.45, 2.75) is 6.42 Å². The first kappa shape index (κ1) is 12.3. The predicted octanol–water partition coefficient (Wildman–Crippen LogP) is 2.24. The van der Waals surface area contributed by atoms with Crippen molar-refractivity contribution in [3.63, 3.8) is 0 Å². The Morgan fingerprint density at radius 2 is 2.06 bits per heavy atom. The molecule has 0 aromatic heterocycles. The fraction of sp³-hybridized carbons (Fsp3) is 0.200. The van der Waals surface area contributed by atoms with E-state index in [2.05, 4.69) is 6.58 Å². The van der Waals surface area contributed by atoms with E-state index in [1.165, 1.54) is 0 Å². The zero-order valence-corrected chi connectivity index (χ0v) is 8.37. The molecule has 16 heavy (non-hydrogen) atoms. The van der Waals surface area contributed by atoms with Crippen LogP contribution < -0.4 is 5.73 Å². The molecule has 0 fully saturated rings. The van der Waals surface area contributed by atoms with Crippen molar-refractivity contribution in [1.29, 1.82) is 0 Å². The van der Waals surface area contributed by atoms with Gasteiger partial charge in [-0.25, -0.2) is 4.39 Å². The van der Waals surface area contributed by atoms with Crippen LogP contribution in [0.3, 0.4) is 0 Å². The van der Waals surface area contributed by atoms with E-state index in [4.69, 9.17) is 5.73 Å². The summed E-state index contributed by atoms with van der Waals surface area (Å²) in [7, 11) is 0. The standard InChI is InChI=1S/C10H10F2N2O2/c1-6(2-3-13)7-4-9(12)10(14(15)16)5-8(7)11/h4-5H,1-3,13H2. The molecule has 4 nitrogen and oxygen atoms in total. The van der Waals surface area contributed by atoms with Gasteiger partial charge < -0.3 is 5.73 Å². The number of hydrogen-bond donors (Lipinski definition) is 1. The maximum absolute atomic E-state index is 13.4. The van der Waals surface area contributed by atoms with Crippen LogP contribution in [0.1, 0.15) is 12.0 Å². The number of nitrogens with two attached hydrogens (primary N) is 1. The van der Waals surface area contributed by atoms with E-state index in [0.717, 1.165) is 6.07 Å². The highest BCUT2D eigenvalue weighted by molar-refractivity contribution is 5.65. The molecule has 0 unspecified atom stereocenters. The lowest BCUT2D eigenvalue weighted by Gasteiger charge is -2.06. The van der Waals surface area contributed by atoms with Gasteiger partial charge in [-0.2, -0.15) is 4.39 Å². The van der Waals surface area contributed by atoms with Gasteiger partial charge in [-0.05, 0) is 24.6 Å². The number of benzene rings is 1. The molecule has 86 valence electrons. The second-order valence-corrected chi connectivity index (χ2v) is 3.18. The van der Waals surface area contributed by atoms with Crippen molar-refractivity contribution in [3.05, 3.63) is 46.0 Å². The van der Waals surface area contributed by atoms with Gasteiger partial charge in [0.2, 0.25) is 5.82 Å². The monoisotopic (exact) mass is 228 g/mol. The van der Waals surface area contributed by atoms with Gasteiger partial charge in [-0.15, -0.1) is 0 Å². The van der Waals surface area contributed by atoms with Crippen LogP contribution in [0.15, 0.2) is 18.7 Å². The van der Waals surface area contributed by atoms with Gasteiger partial charge in [0.25, 0.3) is 0 Å². The van der Waals surface area contributed by atoms with Crippen molar-refractivity contribution in [2.75, 3.05) is 6.54 Å². The maximum Gasteiger partial charge on any atom is 0.307 e. The molecule has 1 aromatic carbocycles. The van der Waals surface area contributed by atoms with E-state index in [9.17, 15) is 18.9 Å². The van der Waals surface area contributed by atoms with Crippen LogP contribution in [0.2, 0.25) is 0 Å². The van der Waals surface area contributed by atoms with E-state index in [1.54, 1.807) is 0 Å². The van der Waals surface area contributed by atoms with E-state index >= 15 is 0 Å². The average Bonchev–Trinajstić information content (AvgIpc) is 2.20. The molecular weight excluding hydrogens is 218 g/mol. The minimum absolute atomic E-state index is 0.0754. The largest absolute Gasteiger partial charge is 0.330 e. The van der Waals surface area contributed by atoms with Gasteiger partial charge in [0.15, 0.2) is 0 Å². The minimum Gasteiger partial charge on any atom is -0.330 e. The fourth-order valence-electron chi connectivity index (χ4n) is 1.26. The summed E-state index contributed by atoms with van der Waals surface area (Å²) in [6, 6.07) is 1.32. The van der Waals surface area contributed by atoms with Crippen LogP contribution in [0, 0.1) is 21.7 Å². The summed E-state index contributed by atoms with van der Waals surface area (Å²) in [6.45, 7) is 3.78. The van der Waals surface area contributed by atoms with Crippen molar-refractivity contribution >= 4 is 11.3 Å². The zero-order chi connectivity index (χ0) is 12.3. The average molecular weight is 228 g/mol. The van der Waals surface area contributed by atoms with Gasteiger partial charge in [0.1, 0.15) is 5.82 Å². The Balaban J connectivity index is 3.20. The molecular formula is C10H10F2N2O2. The Morgan fingerprint density at radius 3 is 2.56 bits per heavy atom. The molecule has 0 bridgehead atoms. The molecule has 0 aliphatic rings. The molecule has 0 saturated heterocycles. The summed E-state index contributed by atoms with van der Waals surface area (Å²) in [5.74, 6) is -1.95. The number of nitro groups is 1. The first-order valence-corrected chi connectivity index (χ1v) is 4.49. The number of rotatable bonds is 4. The van der Waals surface area contributed by atoms with Gasteiger partial charge in [-0.3, -0.25) is 10.1 Å². The summed E-state index contributed by atoms with van der Waals surface area (Å²) in [5, 5.41) is 10.3. The van der Waals surface area contributed by atoms with Gasteiger partial charge in [0, 0.05) is 5.56 Å². The molecule has 0 aliphatic heterocycles. The molecule has 0 amide bonds. The highest BCUT2D eigenvalue weighted by Gasteiger charge is 2.19. The molecule has 0 aliphatic carbocycles. The normalized spacial score (nSPS) is 10.2. The van der Waals surface area contributed by atoms with Crippen LogP contribution in [0.5, 0.6) is 0 Å². The Morgan fingerprint density at radius 1 is 1.44 bits per heavy atom. The minimum atomic E-state index is -1.08. The molecule has 1 aromatic rings. The second kappa shape index (κ2) is 4.80. The van der Waals surface area contributed by atoms with Crippen molar-refractivity contribution in [2.24, 2.45) is 5.73 Å².